The van der Waals surface area contributed by atoms with Crippen molar-refractivity contribution in [1.29, 1.82) is 0 Å². The average molecular weight is 294 g/mol. The van der Waals surface area contributed by atoms with Crippen molar-refractivity contribution in [2.24, 2.45) is 0 Å². The van der Waals surface area contributed by atoms with Gasteiger partial charge in [-0.2, -0.15) is 0 Å². The number of non-ortho nitro benzene ring substituents is 1. The van der Waals surface area contributed by atoms with E-state index in [0.717, 1.165) is 16.1 Å². The highest BCUT2D eigenvalue weighted by atomic mass is 35.5. The van der Waals surface area contributed by atoms with E-state index in [0.29, 0.717) is 10.6 Å². The second-order valence-electron chi connectivity index (χ2n) is 3.65. The van der Waals surface area contributed by atoms with Crippen molar-refractivity contribution in [2.75, 3.05) is 0 Å². The van der Waals surface area contributed by atoms with Gasteiger partial charge in [-0.1, -0.05) is 23.4 Å². The highest BCUT2D eigenvalue weighted by molar-refractivity contribution is 7.99. The third-order valence-electron chi connectivity index (χ3n) is 2.37. The van der Waals surface area contributed by atoms with E-state index < -0.39 is 4.92 Å². The molecule has 0 saturated heterocycles. The smallest absolute Gasteiger partial charge is 0.269 e. The van der Waals surface area contributed by atoms with Crippen molar-refractivity contribution in [3.05, 3.63) is 63.2 Å². The summed E-state index contributed by atoms with van der Waals surface area (Å²) in [5.74, 6) is 0. The molecular weight excluding hydrogens is 286 g/mol. The Kier molecular flexibility index (Phi) is 4.19. The van der Waals surface area contributed by atoms with E-state index in [9.17, 15) is 14.9 Å². The van der Waals surface area contributed by atoms with Crippen LogP contribution in [0.15, 0.2) is 52.3 Å². The molecule has 4 nitrogen and oxygen atoms in total. The van der Waals surface area contributed by atoms with Crippen LogP contribution in [0.2, 0.25) is 5.02 Å². The van der Waals surface area contributed by atoms with Gasteiger partial charge in [-0.3, -0.25) is 14.9 Å². The lowest BCUT2D eigenvalue weighted by molar-refractivity contribution is -0.384. The summed E-state index contributed by atoms with van der Waals surface area (Å²) in [7, 11) is 0. The first-order chi connectivity index (χ1) is 9.10. The summed E-state index contributed by atoms with van der Waals surface area (Å²) in [4.78, 5) is 22.6. The Balaban J connectivity index is 2.26. The van der Waals surface area contributed by atoms with E-state index in [1.165, 1.54) is 23.9 Å². The minimum atomic E-state index is -0.451. The highest BCUT2D eigenvalue weighted by Crippen LogP contribution is 2.32. The average Bonchev–Trinajstić information content (AvgIpc) is 2.41. The van der Waals surface area contributed by atoms with Gasteiger partial charge in [-0.15, -0.1) is 0 Å². The van der Waals surface area contributed by atoms with Crippen LogP contribution in [-0.4, -0.2) is 11.2 Å². The predicted molar refractivity (Wildman–Crippen MR) is 74.1 cm³/mol. The molecule has 2 aromatic carbocycles. The molecule has 0 fully saturated rings. The van der Waals surface area contributed by atoms with Gasteiger partial charge >= 0.3 is 0 Å². The molecule has 2 aromatic rings. The molecule has 2 rings (SSSR count). The quantitative estimate of drug-likeness (QED) is 0.481. The maximum atomic E-state index is 11.0. The lowest BCUT2D eigenvalue weighted by atomic mass is 10.2. The van der Waals surface area contributed by atoms with Crippen LogP contribution in [0, 0.1) is 10.1 Å². The van der Waals surface area contributed by atoms with Gasteiger partial charge in [-0.05, 0) is 30.3 Å². The van der Waals surface area contributed by atoms with E-state index in [2.05, 4.69) is 0 Å². The van der Waals surface area contributed by atoms with Crippen molar-refractivity contribution >= 4 is 35.3 Å². The molecule has 96 valence electrons. The van der Waals surface area contributed by atoms with Crippen molar-refractivity contribution < 1.29 is 9.72 Å². The van der Waals surface area contributed by atoms with Crippen LogP contribution in [0.3, 0.4) is 0 Å². The van der Waals surface area contributed by atoms with Gasteiger partial charge in [0, 0.05) is 32.5 Å². The Morgan fingerprint density at radius 1 is 1.16 bits per heavy atom. The summed E-state index contributed by atoms with van der Waals surface area (Å²) < 4.78 is 0. The van der Waals surface area contributed by atoms with Crippen LogP contribution in [0.25, 0.3) is 0 Å². The summed E-state index contributed by atoms with van der Waals surface area (Å²) in [5, 5.41) is 11.0. The molecule has 0 heterocycles. The standard InChI is InChI=1S/C13H8ClNO3S/c14-10-1-6-13(9(7-10)8-16)19-12-4-2-11(3-5-12)15(17)18/h1-8H. The normalized spacial score (nSPS) is 10.2. The van der Waals surface area contributed by atoms with Crippen LogP contribution >= 0.6 is 23.4 Å². The molecule has 0 spiro atoms. The molecule has 0 atom stereocenters. The first-order valence-electron chi connectivity index (χ1n) is 5.27. The molecule has 0 amide bonds. The molecule has 0 saturated carbocycles. The molecule has 0 aliphatic heterocycles. The molecule has 0 N–H and O–H groups in total. The molecule has 0 aromatic heterocycles. The van der Waals surface area contributed by atoms with Crippen LogP contribution in [0.4, 0.5) is 5.69 Å². The van der Waals surface area contributed by atoms with Crippen LogP contribution < -0.4 is 0 Å². The van der Waals surface area contributed by atoms with Gasteiger partial charge in [0.1, 0.15) is 0 Å². The van der Waals surface area contributed by atoms with Gasteiger partial charge in [0.2, 0.25) is 0 Å². The highest BCUT2D eigenvalue weighted by Gasteiger charge is 2.07. The number of carbonyl (C=O) groups is 1. The summed E-state index contributed by atoms with van der Waals surface area (Å²) in [6, 6.07) is 11.2. The van der Waals surface area contributed by atoms with Gasteiger partial charge in [0.05, 0.1) is 4.92 Å². The predicted octanol–water partition coefficient (Wildman–Crippen LogP) is 4.21. The molecule has 6 heteroatoms. The van der Waals surface area contributed by atoms with Crippen LogP contribution in [-0.2, 0) is 0 Å². The second-order valence-corrected chi connectivity index (χ2v) is 5.20. The number of hydrogen-bond acceptors (Lipinski definition) is 4. The number of rotatable bonds is 4. The lowest BCUT2D eigenvalue weighted by Crippen LogP contribution is -1.87. The zero-order chi connectivity index (χ0) is 13.8. The molecule has 0 aliphatic carbocycles. The number of hydrogen-bond donors (Lipinski definition) is 0. The van der Waals surface area contributed by atoms with Crippen molar-refractivity contribution in [1.82, 2.24) is 0 Å². The third-order valence-corrected chi connectivity index (χ3v) is 3.71. The van der Waals surface area contributed by atoms with E-state index in [1.807, 2.05) is 0 Å². The molecule has 0 unspecified atom stereocenters. The largest absolute Gasteiger partial charge is 0.298 e. The SMILES string of the molecule is O=Cc1cc(Cl)ccc1Sc1ccc([N+](=O)[O-])cc1. The molecule has 0 bridgehead atoms. The minimum absolute atomic E-state index is 0.0380. The van der Waals surface area contributed by atoms with Gasteiger partial charge < -0.3 is 0 Å². The zero-order valence-corrected chi connectivity index (χ0v) is 11.1. The van der Waals surface area contributed by atoms with Gasteiger partial charge in [0.15, 0.2) is 6.29 Å². The second kappa shape index (κ2) is 5.86. The Labute approximate surface area is 118 Å². The Morgan fingerprint density at radius 3 is 2.42 bits per heavy atom. The minimum Gasteiger partial charge on any atom is -0.298 e. The Hall–Kier alpha value is -1.85. The number of nitro benzene ring substituents is 1. The molecule has 0 radical (unpaired) electrons. The fraction of sp³-hybridized carbons (Fsp3) is 0. The summed E-state index contributed by atoms with van der Waals surface area (Å²) in [6.07, 6.45) is 0.736. The molecule has 19 heavy (non-hydrogen) atoms. The summed E-state index contributed by atoms with van der Waals surface area (Å²) in [5.41, 5.74) is 0.534. The van der Waals surface area contributed by atoms with Gasteiger partial charge in [0.25, 0.3) is 5.69 Å². The van der Waals surface area contributed by atoms with Crippen LogP contribution in [0.1, 0.15) is 10.4 Å². The third kappa shape index (κ3) is 3.33. The Morgan fingerprint density at radius 2 is 1.84 bits per heavy atom. The number of benzene rings is 2. The summed E-state index contributed by atoms with van der Waals surface area (Å²) >= 11 is 7.17. The Bertz CT molecular complexity index is 628. The van der Waals surface area contributed by atoms with E-state index in [-0.39, 0.29) is 5.69 Å². The maximum Gasteiger partial charge on any atom is 0.269 e. The first kappa shape index (κ1) is 13.6. The van der Waals surface area contributed by atoms with Crippen molar-refractivity contribution in [2.45, 2.75) is 9.79 Å². The number of aldehydes is 1. The zero-order valence-electron chi connectivity index (χ0n) is 9.58. The number of carbonyl (C=O) groups excluding carboxylic acids is 1. The monoisotopic (exact) mass is 293 g/mol. The van der Waals surface area contributed by atoms with Crippen molar-refractivity contribution in [3.63, 3.8) is 0 Å². The molecular formula is C13H8ClNO3S. The fourth-order valence-corrected chi connectivity index (χ4v) is 2.53. The maximum absolute atomic E-state index is 11.0. The van der Waals surface area contributed by atoms with Crippen molar-refractivity contribution in [3.8, 4) is 0 Å². The number of nitrogens with zero attached hydrogens (tertiary/aromatic N) is 1. The van der Waals surface area contributed by atoms with E-state index >= 15 is 0 Å². The van der Waals surface area contributed by atoms with Gasteiger partial charge in [-0.25, -0.2) is 0 Å². The first-order valence-corrected chi connectivity index (χ1v) is 6.46. The van der Waals surface area contributed by atoms with E-state index in [1.54, 1.807) is 30.3 Å². The number of halogens is 1. The molecule has 0 aliphatic rings. The lowest BCUT2D eigenvalue weighted by Gasteiger charge is -2.04. The fourth-order valence-electron chi connectivity index (χ4n) is 1.47. The van der Waals surface area contributed by atoms with E-state index in [4.69, 9.17) is 11.6 Å². The number of nitro groups is 1. The summed E-state index contributed by atoms with van der Waals surface area (Å²) in [6.45, 7) is 0. The topological polar surface area (TPSA) is 60.2 Å². The van der Waals surface area contributed by atoms with Crippen LogP contribution in [0.5, 0.6) is 0 Å².